The highest BCUT2D eigenvalue weighted by molar-refractivity contribution is 7.89. The molecular formula is C13H17ClN2O4S. The average Bonchev–Trinajstić information content (AvgIpc) is 2.46. The Bertz CT molecular complexity index is 648. The van der Waals surface area contributed by atoms with Gasteiger partial charge in [0.1, 0.15) is 0 Å². The zero-order valence-corrected chi connectivity index (χ0v) is 13.2. The van der Waals surface area contributed by atoms with E-state index in [0.717, 1.165) is 6.42 Å². The molecule has 0 aromatic heterocycles. The van der Waals surface area contributed by atoms with Gasteiger partial charge in [0.2, 0.25) is 10.0 Å². The third-order valence-corrected chi connectivity index (χ3v) is 5.53. The first-order valence-electron chi connectivity index (χ1n) is 6.50. The Hall–Kier alpha value is -1.15. The molecule has 0 saturated carbocycles. The van der Waals surface area contributed by atoms with Crippen molar-refractivity contribution >= 4 is 27.6 Å². The quantitative estimate of drug-likeness (QED) is 0.841. The molecule has 8 heteroatoms. The Morgan fingerprint density at radius 3 is 2.81 bits per heavy atom. The predicted octanol–water partition coefficient (Wildman–Crippen LogP) is 1.24. The van der Waals surface area contributed by atoms with E-state index >= 15 is 0 Å². The van der Waals surface area contributed by atoms with Crippen molar-refractivity contribution in [2.45, 2.75) is 23.8 Å². The summed E-state index contributed by atoms with van der Waals surface area (Å²) in [6.07, 6.45) is 1.47. The number of piperidine rings is 1. The van der Waals surface area contributed by atoms with E-state index in [2.05, 4.69) is 4.74 Å². The van der Waals surface area contributed by atoms with E-state index in [0.29, 0.717) is 13.0 Å². The van der Waals surface area contributed by atoms with E-state index in [1.807, 2.05) is 0 Å². The number of benzene rings is 1. The maximum atomic E-state index is 12.7. The smallest absolute Gasteiger partial charge is 0.339 e. The maximum Gasteiger partial charge on any atom is 0.339 e. The number of hydrogen-bond donors (Lipinski definition) is 1. The molecule has 0 amide bonds. The normalized spacial score (nSPS) is 20.2. The summed E-state index contributed by atoms with van der Waals surface area (Å²) >= 11 is 5.88. The van der Waals surface area contributed by atoms with Gasteiger partial charge in [0.15, 0.2) is 0 Å². The van der Waals surface area contributed by atoms with Gasteiger partial charge in [0, 0.05) is 24.2 Å². The minimum atomic E-state index is -3.84. The summed E-state index contributed by atoms with van der Waals surface area (Å²) in [5.74, 6) is -0.716. The van der Waals surface area contributed by atoms with Gasteiger partial charge in [-0.15, -0.1) is 0 Å². The first-order chi connectivity index (χ1) is 9.86. The van der Waals surface area contributed by atoms with Gasteiger partial charge in [0.05, 0.1) is 17.6 Å². The summed E-state index contributed by atoms with van der Waals surface area (Å²) in [7, 11) is -2.64. The lowest BCUT2D eigenvalue weighted by atomic mass is 10.1. The Kier molecular flexibility index (Phi) is 4.88. The molecule has 1 aromatic carbocycles. The van der Waals surface area contributed by atoms with Crippen LogP contribution < -0.4 is 5.73 Å². The fourth-order valence-electron chi connectivity index (χ4n) is 2.32. The van der Waals surface area contributed by atoms with Gasteiger partial charge in [-0.3, -0.25) is 0 Å². The zero-order chi connectivity index (χ0) is 15.6. The Morgan fingerprint density at radius 1 is 1.48 bits per heavy atom. The molecule has 6 nitrogen and oxygen atoms in total. The van der Waals surface area contributed by atoms with Gasteiger partial charge < -0.3 is 10.5 Å². The topological polar surface area (TPSA) is 89.7 Å². The molecule has 1 aliphatic heterocycles. The number of sulfonamides is 1. The van der Waals surface area contributed by atoms with Gasteiger partial charge >= 0.3 is 5.97 Å². The molecule has 21 heavy (non-hydrogen) atoms. The van der Waals surface area contributed by atoms with Crippen LogP contribution in [0.15, 0.2) is 23.1 Å². The second-order valence-electron chi connectivity index (χ2n) is 4.90. The van der Waals surface area contributed by atoms with E-state index < -0.39 is 16.0 Å². The summed E-state index contributed by atoms with van der Waals surface area (Å²) in [5.41, 5.74) is 5.80. The standard InChI is InChI=1S/C13H17ClN2O4S/c1-20-13(17)11-5-4-9(14)7-12(11)21(18,19)16-6-2-3-10(15)8-16/h4-5,7,10H,2-3,6,8,15H2,1H3. The van der Waals surface area contributed by atoms with Crippen LogP contribution in [0.4, 0.5) is 0 Å². The predicted molar refractivity (Wildman–Crippen MR) is 78.8 cm³/mol. The van der Waals surface area contributed by atoms with Gasteiger partial charge in [-0.2, -0.15) is 4.31 Å². The molecule has 116 valence electrons. The van der Waals surface area contributed by atoms with Crippen LogP contribution in [0.1, 0.15) is 23.2 Å². The molecule has 2 N–H and O–H groups in total. The van der Waals surface area contributed by atoms with Crippen molar-refractivity contribution in [1.82, 2.24) is 4.31 Å². The van der Waals surface area contributed by atoms with Crippen molar-refractivity contribution < 1.29 is 17.9 Å². The molecule has 1 heterocycles. The van der Waals surface area contributed by atoms with Crippen LogP contribution in [0.25, 0.3) is 0 Å². The minimum Gasteiger partial charge on any atom is -0.465 e. The molecule has 1 aromatic rings. The average molecular weight is 333 g/mol. The van der Waals surface area contributed by atoms with Crippen LogP contribution in [0.2, 0.25) is 5.02 Å². The Morgan fingerprint density at radius 2 is 2.19 bits per heavy atom. The largest absolute Gasteiger partial charge is 0.465 e. The van der Waals surface area contributed by atoms with Crippen molar-refractivity contribution in [3.05, 3.63) is 28.8 Å². The molecular weight excluding hydrogens is 316 g/mol. The molecule has 0 aliphatic carbocycles. The van der Waals surface area contributed by atoms with E-state index in [4.69, 9.17) is 17.3 Å². The minimum absolute atomic E-state index is 0.0268. The number of carbonyl (C=O) groups is 1. The number of halogens is 1. The number of methoxy groups -OCH3 is 1. The molecule has 1 saturated heterocycles. The second kappa shape index (κ2) is 6.31. The van der Waals surface area contributed by atoms with Crippen LogP contribution in [0, 0.1) is 0 Å². The van der Waals surface area contributed by atoms with Crippen molar-refractivity contribution in [3.8, 4) is 0 Å². The number of nitrogens with zero attached hydrogens (tertiary/aromatic N) is 1. The highest BCUT2D eigenvalue weighted by Gasteiger charge is 2.32. The molecule has 0 radical (unpaired) electrons. The van der Waals surface area contributed by atoms with E-state index in [1.54, 1.807) is 0 Å². The van der Waals surface area contributed by atoms with Crippen LogP contribution in [-0.4, -0.2) is 44.9 Å². The molecule has 2 rings (SSSR count). The second-order valence-corrected chi connectivity index (χ2v) is 7.24. The summed E-state index contributed by atoms with van der Waals surface area (Å²) in [4.78, 5) is 11.6. The van der Waals surface area contributed by atoms with Gasteiger partial charge in [-0.25, -0.2) is 13.2 Å². The third kappa shape index (κ3) is 3.37. The van der Waals surface area contributed by atoms with Gasteiger partial charge in [-0.1, -0.05) is 11.6 Å². The third-order valence-electron chi connectivity index (χ3n) is 3.39. The lowest BCUT2D eigenvalue weighted by Crippen LogP contribution is -2.45. The monoisotopic (exact) mass is 332 g/mol. The summed E-state index contributed by atoms with van der Waals surface area (Å²) in [6, 6.07) is 3.87. The van der Waals surface area contributed by atoms with E-state index in [-0.39, 0.29) is 28.1 Å². The zero-order valence-electron chi connectivity index (χ0n) is 11.6. The molecule has 1 atom stereocenters. The summed E-state index contributed by atoms with van der Waals surface area (Å²) in [5, 5.41) is 0.238. The lowest BCUT2D eigenvalue weighted by molar-refractivity contribution is 0.0596. The van der Waals surface area contributed by atoms with Crippen molar-refractivity contribution in [2.75, 3.05) is 20.2 Å². The summed E-state index contributed by atoms with van der Waals surface area (Å²) in [6.45, 7) is 0.610. The maximum absolute atomic E-state index is 12.7. The van der Waals surface area contributed by atoms with Crippen molar-refractivity contribution in [2.24, 2.45) is 5.73 Å². The molecule has 0 spiro atoms. The fraction of sp³-hybridized carbons (Fsp3) is 0.462. The molecule has 0 bridgehead atoms. The lowest BCUT2D eigenvalue weighted by Gasteiger charge is -2.30. The van der Waals surface area contributed by atoms with Crippen LogP contribution in [-0.2, 0) is 14.8 Å². The highest BCUT2D eigenvalue weighted by Crippen LogP contribution is 2.26. The number of esters is 1. The van der Waals surface area contributed by atoms with E-state index in [1.165, 1.54) is 29.6 Å². The van der Waals surface area contributed by atoms with Crippen molar-refractivity contribution in [3.63, 3.8) is 0 Å². The SMILES string of the molecule is COC(=O)c1ccc(Cl)cc1S(=O)(=O)N1CCCC(N)C1. The van der Waals surface area contributed by atoms with Crippen molar-refractivity contribution in [1.29, 1.82) is 0 Å². The Labute approximate surface area is 128 Å². The highest BCUT2D eigenvalue weighted by atomic mass is 35.5. The number of hydrogen-bond acceptors (Lipinski definition) is 5. The summed E-state index contributed by atoms with van der Waals surface area (Å²) < 4.78 is 31.4. The Balaban J connectivity index is 2.48. The van der Waals surface area contributed by atoms with E-state index in [9.17, 15) is 13.2 Å². The number of ether oxygens (including phenoxy) is 1. The fourth-order valence-corrected chi connectivity index (χ4v) is 4.30. The number of carbonyl (C=O) groups excluding carboxylic acids is 1. The number of rotatable bonds is 3. The van der Waals surface area contributed by atoms with Gasteiger partial charge in [-0.05, 0) is 31.0 Å². The molecule has 1 aliphatic rings. The first kappa shape index (κ1) is 16.2. The van der Waals surface area contributed by atoms with Crippen LogP contribution in [0.3, 0.4) is 0 Å². The molecule has 1 fully saturated rings. The number of nitrogens with two attached hydrogens (primary N) is 1. The van der Waals surface area contributed by atoms with Crippen LogP contribution >= 0.6 is 11.6 Å². The first-order valence-corrected chi connectivity index (χ1v) is 8.31. The van der Waals surface area contributed by atoms with Crippen LogP contribution in [0.5, 0.6) is 0 Å². The molecule has 1 unspecified atom stereocenters. The van der Waals surface area contributed by atoms with Gasteiger partial charge in [0.25, 0.3) is 0 Å².